The molecule has 0 bridgehead atoms. The Kier molecular flexibility index (Phi) is 60.6. The minimum atomic E-state index is -0.768. The van der Waals surface area contributed by atoms with Gasteiger partial charge in [0.05, 0.1) is 0 Å². The van der Waals surface area contributed by atoms with Crippen LogP contribution in [0.15, 0.2) is 24.3 Å². The molecular formula is C67H126O6. The Morgan fingerprint density at radius 1 is 0.260 bits per heavy atom. The van der Waals surface area contributed by atoms with Crippen molar-refractivity contribution in [2.45, 2.75) is 374 Å². The number of carbonyl (C=O) groups is 3. The van der Waals surface area contributed by atoms with Crippen molar-refractivity contribution in [2.24, 2.45) is 0 Å². The molecule has 0 saturated heterocycles. The summed E-state index contributed by atoms with van der Waals surface area (Å²) < 4.78 is 16.9. The molecule has 0 aromatic rings. The monoisotopic (exact) mass is 1030 g/mol. The molecule has 0 aromatic heterocycles. The first-order valence-corrected chi connectivity index (χ1v) is 32.8. The lowest BCUT2D eigenvalue weighted by atomic mass is 10.0. The van der Waals surface area contributed by atoms with Crippen LogP contribution in [-0.2, 0) is 28.6 Å². The first-order chi connectivity index (χ1) is 36.0. The smallest absolute Gasteiger partial charge is 0.306 e. The van der Waals surface area contributed by atoms with E-state index in [1.54, 1.807) is 0 Å². The summed E-state index contributed by atoms with van der Waals surface area (Å²) in [5.41, 5.74) is 0. The van der Waals surface area contributed by atoms with E-state index in [9.17, 15) is 14.4 Å². The predicted molar refractivity (Wildman–Crippen MR) is 316 cm³/mol. The molecule has 0 radical (unpaired) electrons. The normalized spacial score (nSPS) is 12.1. The summed E-state index contributed by atoms with van der Waals surface area (Å²) in [6, 6.07) is 0. The van der Waals surface area contributed by atoms with Crippen molar-refractivity contribution in [2.75, 3.05) is 13.2 Å². The van der Waals surface area contributed by atoms with Crippen molar-refractivity contribution in [1.82, 2.24) is 0 Å². The van der Waals surface area contributed by atoms with Gasteiger partial charge < -0.3 is 14.2 Å². The minimum absolute atomic E-state index is 0.0678. The highest BCUT2D eigenvalue weighted by molar-refractivity contribution is 5.71. The van der Waals surface area contributed by atoms with Crippen LogP contribution in [0.5, 0.6) is 0 Å². The summed E-state index contributed by atoms with van der Waals surface area (Å²) in [4.78, 5) is 38.1. The number of unbranched alkanes of at least 4 members (excludes halogenated alkanes) is 46. The fourth-order valence-electron chi connectivity index (χ4n) is 9.97. The van der Waals surface area contributed by atoms with Crippen molar-refractivity contribution in [1.29, 1.82) is 0 Å². The zero-order valence-electron chi connectivity index (χ0n) is 49.4. The average Bonchev–Trinajstić information content (AvgIpc) is 3.39. The summed E-state index contributed by atoms with van der Waals surface area (Å²) in [7, 11) is 0. The molecule has 0 spiro atoms. The van der Waals surface area contributed by atoms with Crippen molar-refractivity contribution < 1.29 is 28.6 Å². The van der Waals surface area contributed by atoms with Gasteiger partial charge in [-0.25, -0.2) is 0 Å². The standard InChI is InChI=1S/C67H126O6/c1-4-7-10-13-16-19-21-23-25-27-29-30-31-32-33-34-35-36-37-38-39-41-42-44-46-48-51-54-57-60-66(69)72-63-64(62-71-65(68)59-56-53-50-18-15-12-9-6-3)73-67(70)61-58-55-52-49-47-45-43-40-28-26-24-22-20-17-14-11-8-5-2/h26-29,64H,4-25,30-63H2,1-3H3/b28-26-,29-27-. The Labute approximate surface area is 455 Å². The molecule has 73 heavy (non-hydrogen) atoms. The summed E-state index contributed by atoms with van der Waals surface area (Å²) >= 11 is 0. The molecule has 0 aliphatic carbocycles. The largest absolute Gasteiger partial charge is 0.462 e. The van der Waals surface area contributed by atoms with Crippen LogP contribution in [0.2, 0.25) is 0 Å². The lowest BCUT2D eigenvalue weighted by molar-refractivity contribution is -0.167. The van der Waals surface area contributed by atoms with E-state index in [1.165, 1.54) is 270 Å². The number of hydrogen-bond acceptors (Lipinski definition) is 6. The molecule has 6 nitrogen and oxygen atoms in total. The van der Waals surface area contributed by atoms with Gasteiger partial charge in [-0.1, -0.05) is 302 Å². The third-order valence-corrected chi connectivity index (χ3v) is 14.9. The lowest BCUT2D eigenvalue weighted by Gasteiger charge is -2.18. The molecule has 0 aromatic carbocycles. The van der Waals surface area contributed by atoms with Crippen molar-refractivity contribution >= 4 is 17.9 Å². The molecule has 0 rings (SSSR count). The molecule has 1 atom stereocenters. The number of ether oxygens (including phenoxy) is 3. The second-order valence-electron chi connectivity index (χ2n) is 22.4. The first-order valence-electron chi connectivity index (χ1n) is 32.8. The van der Waals surface area contributed by atoms with E-state index in [-0.39, 0.29) is 31.1 Å². The molecule has 0 amide bonds. The van der Waals surface area contributed by atoms with Crippen LogP contribution in [0.1, 0.15) is 367 Å². The third kappa shape index (κ3) is 60.6. The van der Waals surface area contributed by atoms with E-state index in [1.807, 2.05) is 0 Å². The summed E-state index contributed by atoms with van der Waals surface area (Å²) in [5, 5.41) is 0. The molecule has 0 saturated carbocycles. The Balaban J connectivity index is 4.06. The number of carbonyl (C=O) groups excluding carboxylic acids is 3. The Bertz CT molecular complexity index is 1180. The van der Waals surface area contributed by atoms with Gasteiger partial charge in [-0.05, 0) is 70.6 Å². The molecule has 0 heterocycles. The zero-order chi connectivity index (χ0) is 52.9. The highest BCUT2D eigenvalue weighted by atomic mass is 16.6. The maximum absolute atomic E-state index is 12.9. The van der Waals surface area contributed by atoms with Gasteiger partial charge in [-0.15, -0.1) is 0 Å². The number of rotatable bonds is 61. The van der Waals surface area contributed by atoms with Gasteiger partial charge in [-0.3, -0.25) is 14.4 Å². The van der Waals surface area contributed by atoms with E-state index >= 15 is 0 Å². The highest BCUT2D eigenvalue weighted by Crippen LogP contribution is 2.18. The fraction of sp³-hybridized carbons (Fsp3) is 0.896. The van der Waals surface area contributed by atoms with Gasteiger partial charge in [0, 0.05) is 19.3 Å². The van der Waals surface area contributed by atoms with Gasteiger partial charge >= 0.3 is 17.9 Å². The number of hydrogen-bond donors (Lipinski definition) is 0. The van der Waals surface area contributed by atoms with Crippen LogP contribution in [-0.4, -0.2) is 37.2 Å². The Morgan fingerprint density at radius 2 is 0.452 bits per heavy atom. The summed E-state index contributed by atoms with van der Waals surface area (Å²) in [6.45, 7) is 6.66. The highest BCUT2D eigenvalue weighted by Gasteiger charge is 2.19. The van der Waals surface area contributed by atoms with Gasteiger partial charge in [0.25, 0.3) is 0 Å². The van der Waals surface area contributed by atoms with E-state index in [0.29, 0.717) is 19.3 Å². The SMILES string of the molecule is CCCCCCCCC/C=C\CCCCCCCCCC(=O)OC(COC(=O)CCCCCCCCCC)COC(=O)CCCCCCCCCCCCCCCCCCC/C=C\CCCCCCCCCC. The van der Waals surface area contributed by atoms with E-state index in [0.717, 1.165) is 57.8 Å². The molecule has 1 unspecified atom stereocenters. The van der Waals surface area contributed by atoms with E-state index in [4.69, 9.17) is 14.2 Å². The molecule has 0 aliphatic rings. The van der Waals surface area contributed by atoms with Crippen molar-refractivity contribution in [3.05, 3.63) is 24.3 Å². The van der Waals surface area contributed by atoms with E-state index in [2.05, 4.69) is 45.1 Å². The van der Waals surface area contributed by atoms with Crippen LogP contribution in [0.3, 0.4) is 0 Å². The number of allylic oxidation sites excluding steroid dienone is 4. The molecule has 0 aliphatic heterocycles. The van der Waals surface area contributed by atoms with Gasteiger partial charge in [0.2, 0.25) is 0 Å². The molecule has 0 fully saturated rings. The van der Waals surface area contributed by atoms with E-state index < -0.39 is 6.10 Å². The quantitative estimate of drug-likeness (QED) is 0.0261. The third-order valence-electron chi connectivity index (χ3n) is 14.9. The van der Waals surface area contributed by atoms with Crippen LogP contribution >= 0.6 is 0 Å². The first kappa shape index (κ1) is 70.9. The second-order valence-corrected chi connectivity index (χ2v) is 22.4. The van der Waals surface area contributed by atoms with Crippen LogP contribution in [0.25, 0.3) is 0 Å². The summed E-state index contributed by atoms with van der Waals surface area (Å²) in [6.07, 6.45) is 75.0. The maximum Gasteiger partial charge on any atom is 0.306 e. The Morgan fingerprint density at radius 3 is 0.685 bits per heavy atom. The predicted octanol–water partition coefficient (Wildman–Crippen LogP) is 22.2. The van der Waals surface area contributed by atoms with Crippen LogP contribution in [0, 0.1) is 0 Å². The van der Waals surface area contributed by atoms with Crippen LogP contribution < -0.4 is 0 Å². The topological polar surface area (TPSA) is 78.9 Å². The maximum atomic E-state index is 12.9. The molecular weight excluding hydrogens is 901 g/mol. The minimum Gasteiger partial charge on any atom is -0.462 e. The zero-order valence-corrected chi connectivity index (χ0v) is 49.4. The lowest BCUT2D eigenvalue weighted by Crippen LogP contribution is -2.30. The summed E-state index contributed by atoms with van der Waals surface area (Å²) in [5.74, 6) is -0.853. The van der Waals surface area contributed by atoms with Crippen molar-refractivity contribution in [3.63, 3.8) is 0 Å². The molecule has 6 heteroatoms. The van der Waals surface area contributed by atoms with Gasteiger partial charge in [0.1, 0.15) is 13.2 Å². The average molecular weight is 1030 g/mol. The van der Waals surface area contributed by atoms with Crippen LogP contribution in [0.4, 0.5) is 0 Å². The second kappa shape index (κ2) is 62.4. The Hall–Kier alpha value is -2.11. The molecule has 0 N–H and O–H groups in total. The van der Waals surface area contributed by atoms with Gasteiger partial charge in [0.15, 0.2) is 6.10 Å². The van der Waals surface area contributed by atoms with Gasteiger partial charge in [-0.2, -0.15) is 0 Å². The van der Waals surface area contributed by atoms with Crippen molar-refractivity contribution in [3.8, 4) is 0 Å². The fourth-order valence-corrected chi connectivity index (χ4v) is 9.97. The number of esters is 3. The molecule has 430 valence electrons.